The van der Waals surface area contributed by atoms with E-state index in [0.717, 1.165) is 27.9 Å². The second-order valence-electron chi connectivity index (χ2n) is 6.88. The summed E-state index contributed by atoms with van der Waals surface area (Å²) in [7, 11) is 1.66. The van der Waals surface area contributed by atoms with Gasteiger partial charge in [0, 0.05) is 18.0 Å². The van der Waals surface area contributed by atoms with E-state index in [2.05, 4.69) is 46.0 Å². The molecule has 3 aromatic rings. The molecule has 1 unspecified atom stereocenters. The number of urea groups is 1. The normalized spacial score (nSPS) is 11.7. The van der Waals surface area contributed by atoms with Gasteiger partial charge in [-0.3, -0.25) is 4.57 Å². The number of ether oxygens (including phenoxy) is 1. The summed E-state index contributed by atoms with van der Waals surface area (Å²) in [5.74, 6) is 2.23. The molecule has 1 aromatic heterocycles. The van der Waals surface area contributed by atoms with Crippen LogP contribution in [-0.4, -0.2) is 34.5 Å². The molecule has 0 spiro atoms. The summed E-state index contributed by atoms with van der Waals surface area (Å²) >= 11 is 1.59. The first-order valence-electron chi connectivity index (χ1n) is 9.84. The number of nitrogens with zero attached hydrogens (tertiary/aromatic N) is 3. The number of carbonyl (C=O) groups excluding carboxylic acids is 1. The molecular formula is C22H27N5O2S. The van der Waals surface area contributed by atoms with Gasteiger partial charge in [-0.15, -0.1) is 10.2 Å². The van der Waals surface area contributed by atoms with E-state index in [9.17, 15) is 4.79 Å². The molecule has 0 fully saturated rings. The molecule has 0 radical (unpaired) electrons. The standard InChI is InChI=1S/C22H27N5O2S/c1-5-23-21(28)24-16(3)20-25-26-22(27(20)18-11-9-15(2)10-12-18)30-14-17-7-6-8-19(13-17)29-4/h6-13,16H,5,14H2,1-4H3,(H2,23,24,28). The summed E-state index contributed by atoms with van der Waals surface area (Å²) < 4.78 is 7.32. The Balaban J connectivity index is 1.89. The van der Waals surface area contributed by atoms with Crippen molar-refractivity contribution in [2.24, 2.45) is 0 Å². The van der Waals surface area contributed by atoms with Crippen molar-refractivity contribution < 1.29 is 9.53 Å². The van der Waals surface area contributed by atoms with Crippen molar-refractivity contribution in [3.63, 3.8) is 0 Å². The molecule has 0 bridgehead atoms. The highest BCUT2D eigenvalue weighted by Crippen LogP contribution is 2.28. The maximum atomic E-state index is 12.0. The van der Waals surface area contributed by atoms with Gasteiger partial charge in [0.1, 0.15) is 5.75 Å². The summed E-state index contributed by atoms with van der Waals surface area (Å²) in [6.45, 7) is 6.40. The van der Waals surface area contributed by atoms with Crippen molar-refractivity contribution >= 4 is 17.8 Å². The van der Waals surface area contributed by atoms with Crippen LogP contribution in [0, 0.1) is 6.92 Å². The molecule has 1 atom stereocenters. The number of nitrogens with one attached hydrogen (secondary N) is 2. The molecule has 0 aliphatic heterocycles. The highest BCUT2D eigenvalue weighted by molar-refractivity contribution is 7.98. The van der Waals surface area contributed by atoms with Crippen molar-refractivity contribution in [1.29, 1.82) is 0 Å². The summed E-state index contributed by atoms with van der Waals surface area (Å²) in [4.78, 5) is 12.0. The van der Waals surface area contributed by atoms with Crippen molar-refractivity contribution in [3.05, 3.63) is 65.5 Å². The van der Waals surface area contributed by atoms with Gasteiger partial charge in [0.05, 0.1) is 13.2 Å². The summed E-state index contributed by atoms with van der Waals surface area (Å²) in [6, 6.07) is 15.6. The van der Waals surface area contributed by atoms with Gasteiger partial charge in [0.2, 0.25) is 0 Å². The Hall–Kier alpha value is -3.00. The topological polar surface area (TPSA) is 81.1 Å². The van der Waals surface area contributed by atoms with E-state index in [1.807, 2.05) is 48.7 Å². The Morgan fingerprint density at radius 1 is 1.20 bits per heavy atom. The Labute approximate surface area is 181 Å². The quantitative estimate of drug-likeness (QED) is 0.527. The fourth-order valence-corrected chi connectivity index (χ4v) is 3.88. The fraction of sp³-hybridized carbons (Fsp3) is 0.318. The van der Waals surface area contributed by atoms with Crippen LogP contribution >= 0.6 is 11.8 Å². The zero-order valence-corrected chi connectivity index (χ0v) is 18.5. The summed E-state index contributed by atoms with van der Waals surface area (Å²) in [5, 5.41) is 15.3. The van der Waals surface area contributed by atoms with Gasteiger partial charge in [-0.2, -0.15) is 0 Å². The Morgan fingerprint density at radius 2 is 1.97 bits per heavy atom. The molecule has 1 heterocycles. The molecule has 0 aliphatic rings. The van der Waals surface area contributed by atoms with Crippen LogP contribution in [0.25, 0.3) is 5.69 Å². The minimum Gasteiger partial charge on any atom is -0.497 e. The van der Waals surface area contributed by atoms with E-state index in [4.69, 9.17) is 4.74 Å². The number of hydrogen-bond donors (Lipinski definition) is 2. The number of aromatic nitrogens is 3. The second-order valence-corrected chi connectivity index (χ2v) is 7.82. The third kappa shape index (κ3) is 5.33. The molecule has 7 nitrogen and oxygen atoms in total. The van der Waals surface area contributed by atoms with E-state index in [1.54, 1.807) is 18.9 Å². The predicted molar refractivity (Wildman–Crippen MR) is 119 cm³/mol. The maximum Gasteiger partial charge on any atom is 0.315 e. The molecule has 0 saturated heterocycles. The zero-order chi connectivity index (χ0) is 21.5. The SMILES string of the molecule is CCNC(=O)NC(C)c1nnc(SCc2cccc(OC)c2)n1-c1ccc(C)cc1. The van der Waals surface area contributed by atoms with Crippen LogP contribution in [0.4, 0.5) is 4.79 Å². The third-order valence-corrected chi connectivity index (χ3v) is 5.52. The summed E-state index contributed by atoms with van der Waals surface area (Å²) in [6.07, 6.45) is 0. The number of thioether (sulfide) groups is 1. The molecule has 0 aliphatic carbocycles. The maximum absolute atomic E-state index is 12.0. The molecule has 2 amide bonds. The van der Waals surface area contributed by atoms with Gasteiger partial charge in [0.25, 0.3) is 0 Å². The van der Waals surface area contributed by atoms with Crippen molar-refractivity contribution in [2.75, 3.05) is 13.7 Å². The number of hydrogen-bond acceptors (Lipinski definition) is 5. The highest BCUT2D eigenvalue weighted by atomic mass is 32.2. The number of benzene rings is 2. The van der Waals surface area contributed by atoms with E-state index >= 15 is 0 Å². The Kier molecular flexibility index (Phi) is 7.35. The van der Waals surface area contributed by atoms with E-state index in [0.29, 0.717) is 12.4 Å². The first-order valence-corrected chi connectivity index (χ1v) is 10.8. The number of rotatable bonds is 8. The van der Waals surface area contributed by atoms with Crippen LogP contribution in [-0.2, 0) is 5.75 Å². The van der Waals surface area contributed by atoms with Gasteiger partial charge in [0.15, 0.2) is 11.0 Å². The van der Waals surface area contributed by atoms with Crippen molar-refractivity contribution in [1.82, 2.24) is 25.4 Å². The number of aryl methyl sites for hydroxylation is 1. The monoisotopic (exact) mass is 425 g/mol. The molecule has 3 rings (SSSR count). The fourth-order valence-electron chi connectivity index (χ4n) is 2.97. The van der Waals surface area contributed by atoms with Crippen LogP contribution in [0.1, 0.15) is 36.8 Å². The van der Waals surface area contributed by atoms with Gasteiger partial charge in [-0.25, -0.2) is 4.79 Å². The molecule has 2 aromatic carbocycles. The third-order valence-electron chi connectivity index (χ3n) is 4.52. The zero-order valence-electron chi connectivity index (χ0n) is 17.7. The minimum atomic E-state index is -0.309. The van der Waals surface area contributed by atoms with Crippen LogP contribution in [0.3, 0.4) is 0 Å². The number of carbonyl (C=O) groups is 1. The van der Waals surface area contributed by atoms with Gasteiger partial charge in [-0.05, 0) is 50.6 Å². The number of amides is 2. The smallest absolute Gasteiger partial charge is 0.315 e. The predicted octanol–water partition coefficient (Wildman–Crippen LogP) is 4.26. The van der Waals surface area contributed by atoms with Crippen LogP contribution in [0.2, 0.25) is 0 Å². The van der Waals surface area contributed by atoms with Crippen LogP contribution in [0.15, 0.2) is 53.7 Å². The molecule has 158 valence electrons. The van der Waals surface area contributed by atoms with Crippen molar-refractivity contribution in [2.45, 2.75) is 37.7 Å². The molecule has 30 heavy (non-hydrogen) atoms. The van der Waals surface area contributed by atoms with E-state index in [1.165, 1.54) is 5.56 Å². The Morgan fingerprint density at radius 3 is 2.67 bits per heavy atom. The first-order chi connectivity index (χ1) is 14.5. The van der Waals surface area contributed by atoms with E-state index in [-0.39, 0.29) is 12.1 Å². The molecule has 0 saturated carbocycles. The minimum absolute atomic E-state index is 0.228. The van der Waals surface area contributed by atoms with Gasteiger partial charge >= 0.3 is 6.03 Å². The summed E-state index contributed by atoms with van der Waals surface area (Å²) in [5.41, 5.74) is 3.26. The average molecular weight is 426 g/mol. The largest absolute Gasteiger partial charge is 0.497 e. The van der Waals surface area contributed by atoms with E-state index < -0.39 is 0 Å². The highest BCUT2D eigenvalue weighted by Gasteiger charge is 2.21. The first kappa shape index (κ1) is 21.7. The lowest BCUT2D eigenvalue weighted by molar-refractivity contribution is 0.238. The van der Waals surface area contributed by atoms with Gasteiger partial charge in [-0.1, -0.05) is 41.6 Å². The van der Waals surface area contributed by atoms with Crippen LogP contribution in [0.5, 0.6) is 5.75 Å². The number of methoxy groups -OCH3 is 1. The lowest BCUT2D eigenvalue weighted by atomic mass is 10.2. The average Bonchev–Trinajstić information content (AvgIpc) is 3.17. The lowest BCUT2D eigenvalue weighted by Gasteiger charge is -2.16. The van der Waals surface area contributed by atoms with Crippen LogP contribution < -0.4 is 15.4 Å². The molecule has 8 heteroatoms. The molecule has 2 N–H and O–H groups in total. The Bertz CT molecular complexity index is 987. The second kappa shape index (κ2) is 10.2. The van der Waals surface area contributed by atoms with Gasteiger partial charge < -0.3 is 15.4 Å². The van der Waals surface area contributed by atoms with Crippen molar-refractivity contribution in [3.8, 4) is 11.4 Å². The molecular weight excluding hydrogens is 398 g/mol. The lowest BCUT2D eigenvalue weighted by Crippen LogP contribution is -2.37.